The van der Waals surface area contributed by atoms with Crippen LogP contribution < -0.4 is 10.1 Å². The number of benzene rings is 3. The van der Waals surface area contributed by atoms with Crippen LogP contribution in [0.1, 0.15) is 31.8 Å². The third kappa shape index (κ3) is 4.77. The Morgan fingerprint density at radius 1 is 0.897 bits per heavy atom. The first-order valence-corrected chi connectivity index (χ1v) is 9.01. The fraction of sp³-hybridized carbons (Fsp3) is 0.0455. The molecule has 0 unspecified atom stereocenters. The van der Waals surface area contributed by atoms with Crippen molar-refractivity contribution in [3.8, 4) is 11.5 Å². The van der Waals surface area contributed by atoms with Crippen LogP contribution in [0.3, 0.4) is 0 Å². The zero-order valence-electron chi connectivity index (χ0n) is 15.4. The molecule has 0 atom stereocenters. The van der Waals surface area contributed by atoms with Crippen LogP contribution in [0.4, 0.5) is 5.69 Å². The molecule has 6 nitrogen and oxygen atoms in total. The molecule has 0 radical (unpaired) electrons. The van der Waals surface area contributed by atoms with Gasteiger partial charge in [0.1, 0.15) is 10.7 Å². The van der Waals surface area contributed by atoms with Crippen molar-refractivity contribution >= 4 is 34.8 Å². The number of anilines is 1. The summed E-state index contributed by atoms with van der Waals surface area (Å²) < 4.78 is 5.81. The van der Waals surface area contributed by atoms with E-state index < -0.39 is 11.9 Å². The zero-order chi connectivity index (χ0) is 21.0. The van der Waals surface area contributed by atoms with Crippen molar-refractivity contribution < 1.29 is 24.5 Å². The van der Waals surface area contributed by atoms with Gasteiger partial charge in [-0.15, -0.1) is 0 Å². The number of carboxylic acid groups (broad SMARTS) is 2. The minimum Gasteiger partial charge on any atom is -0.478 e. The second-order valence-electron chi connectivity index (χ2n) is 6.24. The fourth-order valence-electron chi connectivity index (χ4n) is 2.64. The quantitative estimate of drug-likeness (QED) is 0.496. The molecule has 7 heteroatoms. The molecule has 3 N–H and O–H groups in total. The number of ether oxygens (including phenoxy) is 1. The zero-order valence-corrected chi connectivity index (χ0v) is 16.2. The maximum Gasteiger partial charge on any atom is 0.336 e. The Morgan fingerprint density at radius 2 is 1.55 bits per heavy atom. The second-order valence-corrected chi connectivity index (χ2v) is 6.64. The number of rotatable bonds is 6. The number of hydrogen-bond acceptors (Lipinski definition) is 4. The first-order chi connectivity index (χ1) is 13.8. The maximum absolute atomic E-state index is 11.4. The summed E-state index contributed by atoms with van der Waals surface area (Å²) in [6.45, 7) is 1.99. The molecule has 0 fully saturated rings. The van der Waals surface area contributed by atoms with E-state index in [1.54, 1.807) is 18.2 Å². The molecule has 146 valence electrons. The summed E-state index contributed by atoms with van der Waals surface area (Å²) in [5.41, 5.74) is 1.91. The first-order valence-electron chi connectivity index (χ1n) is 8.60. The van der Waals surface area contributed by atoms with Crippen LogP contribution in [-0.2, 0) is 0 Å². The number of carbonyl (C=O) groups is 2. The predicted octanol–water partition coefficient (Wildman–Crippen LogP) is 4.97. The lowest BCUT2D eigenvalue weighted by Gasteiger charge is -2.14. The van der Waals surface area contributed by atoms with Gasteiger partial charge in [-0.1, -0.05) is 54.2 Å². The van der Waals surface area contributed by atoms with Crippen LogP contribution in [0.15, 0.2) is 66.7 Å². The van der Waals surface area contributed by atoms with Gasteiger partial charge in [0.15, 0.2) is 5.75 Å². The van der Waals surface area contributed by atoms with Crippen molar-refractivity contribution in [2.45, 2.75) is 6.92 Å². The third-order valence-electron chi connectivity index (χ3n) is 4.13. The third-order valence-corrected chi connectivity index (χ3v) is 4.47. The van der Waals surface area contributed by atoms with Gasteiger partial charge in [0.2, 0.25) is 0 Å². The van der Waals surface area contributed by atoms with Gasteiger partial charge in [-0.3, -0.25) is 0 Å². The minimum absolute atomic E-state index is 0.197. The van der Waals surface area contributed by atoms with Crippen molar-refractivity contribution in [2.75, 3.05) is 5.32 Å². The normalized spacial score (nSPS) is 10.2. The lowest BCUT2D eigenvalue weighted by molar-refractivity contribution is 0.0651. The van der Waals surface area contributed by atoms with E-state index in [-0.39, 0.29) is 16.9 Å². The first kappa shape index (κ1) is 20.0. The van der Waals surface area contributed by atoms with Gasteiger partial charge in [-0.2, -0.15) is 0 Å². The van der Waals surface area contributed by atoms with Crippen molar-refractivity contribution in [2.24, 2.45) is 0 Å². The highest BCUT2D eigenvalue weighted by molar-refractivity contribution is 7.81. The Morgan fingerprint density at radius 3 is 2.21 bits per heavy atom. The van der Waals surface area contributed by atoms with Crippen molar-refractivity contribution in [1.82, 2.24) is 0 Å². The number of thiocarbonyl (C=S) groups is 1. The van der Waals surface area contributed by atoms with Crippen molar-refractivity contribution in [3.05, 3.63) is 89.0 Å². The minimum atomic E-state index is -1.35. The molecule has 0 saturated heterocycles. The Kier molecular flexibility index (Phi) is 5.90. The molecule has 0 amide bonds. The van der Waals surface area contributed by atoms with Gasteiger partial charge >= 0.3 is 11.9 Å². The van der Waals surface area contributed by atoms with Gasteiger partial charge in [0, 0.05) is 5.56 Å². The molecule has 0 heterocycles. The number of carboxylic acids is 2. The number of hydrogen-bond donors (Lipinski definition) is 3. The van der Waals surface area contributed by atoms with Gasteiger partial charge in [-0.25, -0.2) is 9.59 Å². The molecule has 0 aliphatic rings. The van der Waals surface area contributed by atoms with E-state index in [9.17, 15) is 14.7 Å². The molecule has 3 rings (SSSR count). The lowest BCUT2D eigenvalue weighted by Crippen LogP contribution is -2.11. The molecule has 0 aliphatic carbocycles. The fourth-order valence-corrected chi connectivity index (χ4v) is 2.88. The van der Waals surface area contributed by atoms with E-state index in [4.69, 9.17) is 22.1 Å². The van der Waals surface area contributed by atoms with Crippen molar-refractivity contribution in [1.29, 1.82) is 0 Å². The van der Waals surface area contributed by atoms with Crippen LogP contribution in [0.2, 0.25) is 0 Å². The number of nitrogens with one attached hydrogen (secondary N) is 1. The molecule has 0 bridgehead atoms. The largest absolute Gasteiger partial charge is 0.478 e. The second kappa shape index (κ2) is 8.53. The summed E-state index contributed by atoms with van der Waals surface area (Å²) in [6, 6.07) is 18.6. The van der Waals surface area contributed by atoms with Crippen molar-refractivity contribution in [3.63, 3.8) is 0 Å². The van der Waals surface area contributed by atoms with E-state index >= 15 is 0 Å². The number of para-hydroxylation sites is 2. The van der Waals surface area contributed by atoms with Crippen LogP contribution in [0, 0.1) is 6.92 Å². The van der Waals surface area contributed by atoms with E-state index in [1.165, 1.54) is 18.2 Å². The van der Waals surface area contributed by atoms with Gasteiger partial charge < -0.3 is 20.3 Å². The molecule has 0 aromatic heterocycles. The summed E-state index contributed by atoms with van der Waals surface area (Å²) in [4.78, 5) is 23.1. The highest BCUT2D eigenvalue weighted by atomic mass is 32.1. The van der Waals surface area contributed by atoms with Gasteiger partial charge in [0.05, 0.1) is 16.8 Å². The van der Waals surface area contributed by atoms with E-state index in [2.05, 4.69) is 5.32 Å². The SMILES string of the molecule is Cc1ccc(C(=S)Nc2ccccc2Oc2ccc(C(=O)O)c(C(=O)O)c2)cc1. The highest BCUT2D eigenvalue weighted by Crippen LogP contribution is 2.31. The maximum atomic E-state index is 11.4. The topological polar surface area (TPSA) is 95.9 Å². The average Bonchev–Trinajstić information content (AvgIpc) is 2.69. The monoisotopic (exact) mass is 407 g/mol. The summed E-state index contributed by atoms with van der Waals surface area (Å²) >= 11 is 5.46. The Hall–Kier alpha value is -3.71. The van der Waals surface area contributed by atoms with Gasteiger partial charge in [-0.05, 0) is 37.3 Å². The Balaban J connectivity index is 1.87. The van der Waals surface area contributed by atoms with Crippen LogP contribution in [0.5, 0.6) is 11.5 Å². The lowest BCUT2D eigenvalue weighted by atomic mass is 10.1. The van der Waals surface area contributed by atoms with Gasteiger partial charge in [0.25, 0.3) is 0 Å². The molecular weight excluding hydrogens is 390 g/mol. The number of aromatic carboxylic acids is 2. The molecule has 3 aromatic carbocycles. The number of aryl methyl sites for hydroxylation is 1. The van der Waals surface area contributed by atoms with E-state index in [0.29, 0.717) is 16.4 Å². The van der Waals surface area contributed by atoms with Crippen LogP contribution in [-0.4, -0.2) is 27.1 Å². The summed E-state index contributed by atoms with van der Waals surface area (Å²) in [5.74, 6) is -2.05. The smallest absolute Gasteiger partial charge is 0.336 e. The van der Waals surface area contributed by atoms with Crippen LogP contribution >= 0.6 is 12.2 Å². The molecule has 0 aliphatic heterocycles. The Bertz CT molecular complexity index is 1090. The van der Waals surface area contributed by atoms with Crippen LogP contribution in [0.25, 0.3) is 0 Å². The average molecular weight is 407 g/mol. The van der Waals surface area contributed by atoms with E-state index in [0.717, 1.165) is 11.1 Å². The molecule has 0 spiro atoms. The summed E-state index contributed by atoms with van der Waals surface area (Å²) in [6.07, 6.45) is 0. The molecule has 0 saturated carbocycles. The Labute approximate surface area is 172 Å². The highest BCUT2D eigenvalue weighted by Gasteiger charge is 2.17. The summed E-state index contributed by atoms with van der Waals surface area (Å²) in [7, 11) is 0. The molecule has 3 aromatic rings. The molecular formula is C22H17NO5S. The van der Waals surface area contributed by atoms with E-state index in [1.807, 2.05) is 37.3 Å². The standard InChI is InChI=1S/C22H17NO5S/c1-13-6-8-14(9-7-13)20(29)23-18-4-2-3-5-19(18)28-15-10-11-16(21(24)25)17(12-15)22(26)27/h2-12H,1H3,(H,23,29)(H,24,25)(H,26,27). The predicted molar refractivity (Wildman–Crippen MR) is 113 cm³/mol. The summed E-state index contributed by atoms with van der Waals surface area (Å²) in [5, 5.41) is 21.5. The molecule has 29 heavy (non-hydrogen) atoms.